The fourth-order valence-corrected chi connectivity index (χ4v) is 5.07. The zero-order valence-corrected chi connectivity index (χ0v) is 11.8. The Balaban J connectivity index is 1.70. The summed E-state index contributed by atoms with van der Waals surface area (Å²) in [7, 11) is 0. The Bertz CT molecular complexity index is 295. The summed E-state index contributed by atoms with van der Waals surface area (Å²) in [6.45, 7) is 4.18. The fourth-order valence-electron chi connectivity index (χ4n) is 5.07. The van der Waals surface area contributed by atoms with E-state index in [9.17, 15) is 4.79 Å². The molecule has 0 aromatic rings. The number of hydrogen-bond donors (Lipinski definition) is 0. The Kier molecular flexibility index (Phi) is 3.15. The van der Waals surface area contributed by atoms with Crippen LogP contribution in [0.3, 0.4) is 0 Å². The van der Waals surface area contributed by atoms with Gasteiger partial charge < -0.3 is 4.74 Å². The van der Waals surface area contributed by atoms with Gasteiger partial charge in [-0.15, -0.1) is 0 Å². The van der Waals surface area contributed by atoms with Crippen molar-refractivity contribution in [2.75, 3.05) is 0 Å². The summed E-state index contributed by atoms with van der Waals surface area (Å²) in [4.78, 5) is 12.3. The molecule has 2 heteroatoms. The van der Waals surface area contributed by atoms with Crippen LogP contribution in [0.25, 0.3) is 0 Å². The molecule has 102 valence electrons. The van der Waals surface area contributed by atoms with Gasteiger partial charge in [0.05, 0.1) is 5.92 Å². The van der Waals surface area contributed by atoms with Crippen molar-refractivity contribution in [3.63, 3.8) is 0 Å². The van der Waals surface area contributed by atoms with Crippen LogP contribution in [0.1, 0.15) is 65.2 Å². The number of ether oxygens (including phenoxy) is 1. The summed E-state index contributed by atoms with van der Waals surface area (Å²) >= 11 is 0. The molecule has 0 heterocycles. The first-order valence-corrected chi connectivity index (χ1v) is 7.87. The molecule has 4 bridgehead atoms. The number of rotatable bonds is 4. The molecule has 4 saturated carbocycles. The van der Waals surface area contributed by atoms with E-state index in [1.165, 1.54) is 19.3 Å². The highest BCUT2D eigenvalue weighted by molar-refractivity contribution is 5.72. The third-order valence-electron chi connectivity index (χ3n) is 5.62. The Labute approximate surface area is 110 Å². The van der Waals surface area contributed by atoms with Crippen molar-refractivity contribution < 1.29 is 9.53 Å². The van der Waals surface area contributed by atoms with E-state index in [0.29, 0.717) is 0 Å². The molecule has 4 aliphatic rings. The molecule has 0 saturated heterocycles. The van der Waals surface area contributed by atoms with Crippen molar-refractivity contribution in [2.45, 2.75) is 70.8 Å². The molecule has 0 radical (unpaired) electrons. The molecule has 0 aromatic heterocycles. The van der Waals surface area contributed by atoms with E-state index in [1.54, 1.807) is 0 Å². The Morgan fingerprint density at radius 3 is 1.89 bits per heavy atom. The van der Waals surface area contributed by atoms with E-state index in [1.807, 2.05) is 0 Å². The maximum Gasteiger partial charge on any atom is 0.309 e. The zero-order chi connectivity index (χ0) is 12.8. The predicted octanol–water partition coefficient (Wildman–Crippen LogP) is 3.93. The summed E-state index contributed by atoms with van der Waals surface area (Å²) in [5, 5.41) is 0. The van der Waals surface area contributed by atoms with Gasteiger partial charge in [0.1, 0.15) is 5.60 Å². The molecule has 4 rings (SSSR count). The zero-order valence-electron chi connectivity index (χ0n) is 11.8. The average Bonchev–Trinajstić information content (AvgIpc) is 2.27. The van der Waals surface area contributed by atoms with Gasteiger partial charge in [-0.25, -0.2) is 0 Å². The standard InChI is InChI=1S/C16H26O2/c1-3-14(4-2)15(17)18-16-8-11-5-12(9-16)7-13(6-11)10-16/h11-14H,3-10H2,1-2H3. The number of carbonyl (C=O) groups excluding carboxylic acids is 1. The Hall–Kier alpha value is -0.530. The number of carbonyl (C=O) groups is 1. The first-order chi connectivity index (χ1) is 8.64. The maximum atomic E-state index is 12.3. The van der Waals surface area contributed by atoms with Crippen molar-refractivity contribution in [3.8, 4) is 0 Å². The molecule has 0 unspecified atom stereocenters. The van der Waals surface area contributed by atoms with Crippen LogP contribution in [0.4, 0.5) is 0 Å². The van der Waals surface area contributed by atoms with Crippen LogP contribution in [-0.4, -0.2) is 11.6 Å². The van der Waals surface area contributed by atoms with Crippen LogP contribution in [0, 0.1) is 23.7 Å². The second kappa shape index (κ2) is 4.54. The number of hydrogen-bond acceptors (Lipinski definition) is 2. The minimum atomic E-state index is -0.0472. The van der Waals surface area contributed by atoms with Crippen molar-refractivity contribution in [2.24, 2.45) is 23.7 Å². The van der Waals surface area contributed by atoms with Gasteiger partial charge in [0.2, 0.25) is 0 Å². The lowest BCUT2D eigenvalue weighted by atomic mass is 9.54. The van der Waals surface area contributed by atoms with Crippen molar-refractivity contribution in [3.05, 3.63) is 0 Å². The molecule has 0 aromatic carbocycles. The van der Waals surface area contributed by atoms with Gasteiger partial charge in [-0.3, -0.25) is 4.79 Å². The smallest absolute Gasteiger partial charge is 0.309 e. The molecule has 4 aliphatic carbocycles. The molecule has 0 aliphatic heterocycles. The normalized spacial score (nSPS) is 41.4. The van der Waals surface area contributed by atoms with Gasteiger partial charge in [0.15, 0.2) is 0 Å². The minimum absolute atomic E-state index is 0.0472. The van der Waals surface area contributed by atoms with Crippen LogP contribution in [0.2, 0.25) is 0 Å². The largest absolute Gasteiger partial charge is 0.459 e. The molecule has 0 atom stereocenters. The first kappa shape index (κ1) is 12.5. The summed E-state index contributed by atoms with van der Waals surface area (Å²) in [5.74, 6) is 2.77. The summed E-state index contributed by atoms with van der Waals surface area (Å²) in [6, 6.07) is 0. The monoisotopic (exact) mass is 250 g/mol. The topological polar surface area (TPSA) is 26.3 Å². The van der Waals surface area contributed by atoms with Crippen LogP contribution in [-0.2, 0) is 9.53 Å². The summed E-state index contributed by atoms with van der Waals surface area (Å²) < 4.78 is 6.06. The average molecular weight is 250 g/mol. The lowest BCUT2D eigenvalue weighted by molar-refractivity contribution is -0.191. The van der Waals surface area contributed by atoms with Gasteiger partial charge in [0.25, 0.3) is 0 Å². The lowest BCUT2D eigenvalue weighted by Gasteiger charge is -2.55. The second-order valence-corrected chi connectivity index (χ2v) is 7.04. The molecule has 4 fully saturated rings. The fraction of sp³-hybridized carbons (Fsp3) is 0.938. The Morgan fingerprint density at radius 2 is 1.50 bits per heavy atom. The highest BCUT2D eigenvalue weighted by atomic mass is 16.6. The van der Waals surface area contributed by atoms with Crippen molar-refractivity contribution in [1.82, 2.24) is 0 Å². The maximum absolute atomic E-state index is 12.3. The minimum Gasteiger partial charge on any atom is -0.459 e. The van der Waals surface area contributed by atoms with E-state index in [2.05, 4.69) is 13.8 Å². The van der Waals surface area contributed by atoms with Crippen LogP contribution in [0.15, 0.2) is 0 Å². The highest BCUT2D eigenvalue weighted by Crippen LogP contribution is 2.57. The second-order valence-electron chi connectivity index (χ2n) is 7.04. The molecule has 0 N–H and O–H groups in total. The molecule has 0 amide bonds. The van der Waals surface area contributed by atoms with Crippen LogP contribution < -0.4 is 0 Å². The third-order valence-corrected chi connectivity index (χ3v) is 5.62. The van der Waals surface area contributed by atoms with Gasteiger partial charge in [-0.1, -0.05) is 13.8 Å². The summed E-state index contributed by atoms with van der Waals surface area (Å²) in [5.41, 5.74) is -0.0472. The molecular weight excluding hydrogens is 224 g/mol. The van der Waals surface area contributed by atoms with Crippen molar-refractivity contribution >= 4 is 5.97 Å². The molecule has 0 spiro atoms. The molecule has 18 heavy (non-hydrogen) atoms. The quantitative estimate of drug-likeness (QED) is 0.707. The summed E-state index contributed by atoms with van der Waals surface area (Å²) in [6.07, 6.45) is 9.52. The first-order valence-electron chi connectivity index (χ1n) is 7.87. The van der Waals surface area contributed by atoms with E-state index in [4.69, 9.17) is 4.74 Å². The van der Waals surface area contributed by atoms with E-state index in [0.717, 1.165) is 49.9 Å². The van der Waals surface area contributed by atoms with Gasteiger partial charge in [-0.05, 0) is 69.1 Å². The van der Waals surface area contributed by atoms with Gasteiger partial charge in [-0.2, -0.15) is 0 Å². The van der Waals surface area contributed by atoms with E-state index in [-0.39, 0.29) is 17.5 Å². The highest BCUT2D eigenvalue weighted by Gasteiger charge is 2.53. The predicted molar refractivity (Wildman–Crippen MR) is 71.1 cm³/mol. The van der Waals surface area contributed by atoms with Crippen LogP contribution in [0.5, 0.6) is 0 Å². The van der Waals surface area contributed by atoms with Crippen LogP contribution >= 0.6 is 0 Å². The Morgan fingerprint density at radius 1 is 1.06 bits per heavy atom. The molecular formula is C16H26O2. The van der Waals surface area contributed by atoms with Crippen molar-refractivity contribution in [1.29, 1.82) is 0 Å². The number of esters is 1. The van der Waals surface area contributed by atoms with E-state index >= 15 is 0 Å². The van der Waals surface area contributed by atoms with Gasteiger partial charge >= 0.3 is 5.97 Å². The third kappa shape index (κ3) is 2.08. The molecule has 2 nitrogen and oxygen atoms in total. The SMILES string of the molecule is CCC(CC)C(=O)OC12CC3CC(CC(C3)C1)C2. The van der Waals surface area contributed by atoms with E-state index < -0.39 is 0 Å². The van der Waals surface area contributed by atoms with Gasteiger partial charge in [0, 0.05) is 0 Å². The lowest BCUT2D eigenvalue weighted by Crippen LogP contribution is -2.53.